The molecule has 8 aromatic carbocycles. The van der Waals surface area contributed by atoms with Gasteiger partial charge in [0.2, 0.25) is 0 Å². The van der Waals surface area contributed by atoms with Crippen LogP contribution in [0.25, 0.3) is 93.6 Å². The van der Waals surface area contributed by atoms with E-state index < -0.39 is 0 Å². The number of benzene rings is 8. The summed E-state index contributed by atoms with van der Waals surface area (Å²) in [7, 11) is 0. The summed E-state index contributed by atoms with van der Waals surface area (Å²) < 4.78 is 7.35. The Morgan fingerprint density at radius 3 is 1.77 bits per heavy atom. The fourth-order valence-electron chi connectivity index (χ4n) is 12.3. The lowest BCUT2D eigenvalue weighted by atomic mass is 9.74. The van der Waals surface area contributed by atoms with Gasteiger partial charge in [0.05, 0.1) is 45.1 Å². The van der Waals surface area contributed by atoms with Gasteiger partial charge in [-0.25, -0.2) is 0 Å². The predicted octanol–water partition coefficient (Wildman–Crippen LogP) is 16.4. The first kappa shape index (κ1) is 39.9. The summed E-state index contributed by atoms with van der Waals surface area (Å²) >= 11 is 0. The van der Waals surface area contributed by atoms with Crippen molar-refractivity contribution in [2.75, 3.05) is 0 Å². The maximum Gasteiger partial charge on any atom is 0.0718 e. The predicted molar refractivity (Wildman–Crippen MR) is 278 cm³/mol. The summed E-state index contributed by atoms with van der Waals surface area (Å²) in [5, 5.41) is 19.0. The molecule has 320 valence electrons. The molecule has 4 heteroatoms. The summed E-state index contributed by atoms with van der Waals surface area (Å²) in [4.78, 5) is 0. The van der Waals surface area contributed by atoms with Gasteiger partial charge in [0, 0.05) is 49.4 Å². The van der Waals surface area contributed by atoms with Crippen LogP contribution in [-0.2, 0) is 6.42 Å². The van der Waals surface area contributed by atoms with Crippen LogP contribution in [-0.4, -0.2) is 13.7 Å². The molecule has 4 nitrogen and oxygen atoms in total. The van der Waals surface area contributed by atoms with E-state index >= 15 is 0 Å². The molecule has 1 aliphatic rings. The molecule has 1 aliphatic carbocycles. The number of hydrogen-bond donors (Lipinski definition) is 0. The van der Waals surface area contributed by atoms with Gasteiger partial charge in [0.25, 0.3) is 0 Å². The standard InChI is InChI=1S/C62H52N4/c1-5-45(41(4)64-55-29-17-14-26-49(55)50-33-35-59-61(62(50)64)52-28-16-19-31-57(52)66(59)44-22-10-7-11-23-44)54(38-63)39(2)36-42-37-53-48(47-25-13-12-24-46(47)40(42)3)32-34-58-60(53)51-27-15-18-30-56(51)65(58)43-20-8-6-9-21-43/h6-35,39-40,42,54H,5,36-37H2,1-4H3/b45-41+/t39?,40?,42?,54-/m0/s1. The smallest absolute Gasteiger partial charge is 0.0718 e. The van der Waals surface area contributed by atoms with E-state index in [-0.39, 0.29) is 11.8 Å². The third-order valence-electron chi connectivity index (χ3n) is 15.3. The first-order valence-electron chi connectivity index (χ1n) is 23.8. The van der Waals surface area contributed by atoms with E-state index in [2.05, 4.69) is 229 Å². The highest BCUT2D eigenvalue weighted by atomic mass is 15.0. The highest BCUT2D eigenvalue weighted by Gasteiger charge is 2.34. The number of aromatic nitrogens is 3. The number of rotatable bonds is 8. The third kappa shape index (κ3) is 5.96. The second-order valence-electron chi connectivity index (χ2n) is 18.7. The van der Waals surface area contributed by atoms with Crippen LogP contribution >= 0.6 is 0 Å². The number of hydrogen-bond acceptors (Lipinski definition) is 1. The molecule has 0 saturated heterocycles. The van der Waals surface area contributed by atoms with Gasteiger partial charge in [-0.3, -0.25) is 0 Å². The van der Waals surface area contributed by atoms with Crippen molar-refractivity contribution in [3.63, 3.8) is 0 Å². The zero-order chi connectivity index (χ0) is 44.6. The number of nitriles is 1. The molecule has 0 aliphatic heterocycles. The monoisotopic (exact) mass is 852 g/mol. The molecule has 0 bridgehead atoms. The van der Waals surface area contributed by atoms with Crippen LogP contribution in [0.1, 0.15) is 57.6 Å². The van der Waals surface area contributed by atoms with Gasteiger partial charge in [0.15, 0.2) is 0 Å². The molecule has 4 atom stereocenters. The normalized spacial score (nSPS) is 16.3. The molecule has 0 spiro atoms. The van der Waals surface area contributed by atoms with E-state index in [1.165, 1.54) is 98.9 Å². The molecule has 0 saturated carbocycles. The number of fused-ring (bicyclic) bond motifs is 14. The van der Waals surface area contributed by atoms with E-state index in [0.717, 1.165) is 30.6 Å². The summed E-state index contributed by atoms with van der Waals surface area (Å²) in [6, 6.07) is 69.5. The average Bonchev–Trinajstić information content (AvgIpc) is 3.99. The zero-order valence-corrected chi connectivity index (χ0v) is 38.0. The van der Waals surface area contributed by atoms with Gasteiger partial charge in [0.1, 0.15) is 0 Å². The van der Waals surface area contributed by atoms with Crippen molar-refractivity contribution in [2.45, 2.75) is 52.9 Å². The van der Waals surface area contributed by atoms with Gasteiger partial charge in [-0.15, -0.1) is 0 Å². The van der Waals surface area contributed by atoms with Crippen molar-refractivity contribution in [2.24, 2.45) is 17.8 Å². The van der Waals surface area contributed by atoms with E-state index in [4.69, 9.17) is 0 Å². The molecular weight excluding hydrogens is 801 g/mol. The fourth-order valence-corrected chi connectivity index (χ4v) is 12.3. The maximum atomic E-state index is 11.5. The lowest BCUT2D eigenvalue weighted by Gasteiger charge is -2.30. The molecule has 0 radical (unpaired) electrons. The topological polar surface area (TPSA) is 38.6 Å². The SMILES string of the molecule is CC/C(=C(/C)n1c2ccccc2c2ccc3c(c4ccccc4n3-c3ccccc3)c21)[C@@H](C#N)C(C)CC1Cc2c(ccc3c2c2ccccc2n3-c2ccccc2)-c2ccccc2C1C. The van der Waals surface area contributed by atoms with Gasteiger partial charge < -0.3 is 13.7 Å². The van der Waals surface area contributed by atoms with Crippen molar-refractivity contribution < 1.29 is 0 Å². The molecule has 66 heavy (non-hydrogen) atoms. The minimum Gasteiger partial charge on any atom is -0.313 e. The lowest BCUT2D eigenvalue weighted by molar-refractivity contribution is 0.317. The van der Waals surface area contributed by atoms with Crippen LogP contribution in [0.3, 0.4) is 0 Å². The van der Waals surface area contributed by atoms with Gasteiger partial charge in [-0.1, -0.05) is 148 Å². The second kappa shape index (κ2) is 15.8. The summed E-state index contributed by atoms with van der Waals surface area (Å²) in [5.41, 5.74) is 17.4. The van der Waals surface area contributed by atoms with E-state index in [0.29, 0.717) is 11.8 Å². The number of allylic oxidation sites excluding steroid dienone is 2. The molecule has 0 N–H and O–H groups in total. The van der Waals surface area contributed by atoms with Crippen molar-refractivity contribution in [1.82, 2.24) is 13.7 Å². The fraction of sp³-hybridized carbons (Fsp3) is 0.177. The number of para-hydroxylation sites is 5. The van der Waals surface area contributed by atoms with Crippen LogP contribution in [0.5, 0.6) is 0 Å². The van der Waals surface area contributed by atoms with Crippen LogP contribution in [0, 0.1) is 29.1 Å². The molecular formula is C62H52N4. The Balaban J connectivity index is 1.01. The zero-order valence-electron chi connectivity index (χ0n) is 38.0. The lowest BCUT2D eigenvalue weighted by Crippen LogP contribution is -2.22. The van der Waals surface area contributed by atoms with Crippen LogP contribution < -0.4 is 0 Å². The number of nitrogens with zero attached hydrogens (tertiary/aromatic N) is 4. The summed E-state index contributed by atoms with van der Waals surface area (Å²) in [5.74, 6) is 0.463. The van der Waals surface area contributed by atoms with Crippen LogP contribution in [0.2, 0.25) is 0 Å². The molecule has 0 fully saturated rings. The van der Waals surface area contributed by atoms with Crippen molar-refractivity contribution in [3.8, 4) is 28.6 Å². The van der Waals surface area contributed by atoms with Gasteiger partial charge >= 0.3 is 0 Å². The molecule has 11 aromatic rings. The Kier molecular flexibility index (Phi) is 9.58. The molecule has 3 unspecified atom stereocenters. The average molecular weight is 853 g/mol. The van der Waals surface area contributed by atoms with Crippen molar-refractivity contribution >= 4 is 71.1 Å². The highest BCUT2D eigenvalue weighted by Crippen LogP contribution is 2.49. The van der Waals surface area contributed by atoms with E-state index in [9.17, 15) is 5.26 Å². The first-order valence-corrected chi connectivity index (χ1v) is 23.8. The first-order chi connectivity index (χ1) is 32.5. The third-order valence-corrected chi connectivity index (χ3v) is 15.3. The minimum absolute atomic E-state index is 0.110. The summed E-state index contributed by atoms with van der Waals surface area (Å²) in [6.07, 6.45) is 2.66. The van der Waals surface area contributed by atoms with Crippen LogP contribution in [0.4, 0.5) is 0 Å². The van der Waals surface area contributed by atoms with Crippen LogP contribution in [0.15, 0.2) is 188 Å². The van der Waals surface area contributed by atoms with E-state index in [1.807, 2.05) is 0 Å². The molecule has 3 aromatic heterocycles. The molecule has 12 rings (SSSR count). The molecule has 3 heterocycles. The second-order valence-corrected chi connectivity index (χ2v) is 18.7. The Bertz CT molecular complexity index is 3760. The largest absolute Gasteiger partial charge is 0.313 e. The Labute approximate surface area is 386 Å². The Morgan fingerprint density at radius 1 is 0.576 bits per heavy atom. The maximum absolute atomic E-state index is 11.5. The Hall–Kier alpha value is -7.61. The summed E-state index contributed by atoms with van der Waals surface area (Å²) in [6.45, 7) is 9.31. The Morgan fingerprint density at radius 2 is 1.12 bits per heavy atom. The minimum atomic E-state index is -0.267. The highest BCUT2D eigenvalue weighted by molar-refractivity contribution is 6.26. The molecule has 0 amide bonds. The van der Waals surface area contributed by atoms with Crippen molar-refractivity contribution in [1.29, 1.82) is 5.26 Å². The van der Waals surface area contributed by atoms with Gasteiger partial charge in [-0.2, -0.15) is 5.26 Å². The van der Waals surface area contributed by atoms with Crippen molar-refractivity contribution in [3.05, 3.63) is 199 Å². The van der Waals surface area contributed by atoms with E-state index in [1.54, 1.807) is 0 Å². The quantitative estimate of drug-likeness (QED) is 0.150. The van der Waals surface area contributed by atoms with Gasteiger partial charge in [-0.05, 0) is 126 Å².